The zero-order valence-electron chi connectivity index (χ0n) is 13.6. The van der Waals surface area contributed by atoms with Crippen molar-refractivity contribution in [2.45, 2.75) is 70.5 Å². The van der Waals surface area contributed by atoms with Gasteiger partial charge < -0.3 is 9.47 Å². The van der Waals surface area contributed by atoms with Crippen molar-refractivity contribution in [1.29, 1.82) is 0 Å². The van der Waals surface area contributed by atoms with Crippen LogP contribution in [0.4, 0.5) is 0 Å². The summed E-state index contributed by atoms with van der Waals surface area (Å²) >= 11 is 0. The lowest BCUT2D eigenvalue weighted by atomic mass is 9.48. The lowest BCUT2D eigenvalue weighted by Gasteiger charge is -2.63. The highest BCUT2D eigenvalue weighted by Gasteiger charge is 2.62. The molecule has 0 aromatic heterocycles. The highest BCUT2D eigenvalue weighted by molar-refractivity contribution is 5.87. The summed E-state index contributed by atoms with van der Waals surface area (Å²) in [6, 6.07) is 0. The van der Waals surface area contributed by atoms with Crippen molar-refractivity contribution in [2.75, 3.05) is 6.61 Å². The fraction of sp³-hybridized carbons (Fsp3) is 0.833. The molecule has 0 aromatic rings. The van der Waals surface area contributed by atoms with E-state index in [2.05, 4.69) is 20.4 Å². The molecule has 21 heavy (non-hydrogen) atoms. The van der Waals surface area contributed by atoms with E-state index in [1.807, 2.05) is 0 Å². The average Bonchev–Trinajstić information content (AvgIpc) is 2.42. The smallest absolute Gasteiger partial charge is 0.333 e. The Morgan fingerprint density at radius 2 is 1.86 bits per heavy atom. The molecule has 0 heterocycles. The molecule has 4 aliphatic carbocycles. The third-order valence-electron chi connectivity index (χ3n) is 6.03. The number of rotatable bonds is 5. The summed E-state index contributed by atoms with van der Waals surface area (Å²) in [5, 5.41) is 0. The van der Waals surface area contributed by atoms with Gasteiger partial charge in [0.2, 0.25) is 0 Å². The number of hydrogen-bond acceptors (Lipinski definition) is 3. The molecule has 118 valence electrons. The second-order valence-corrected chi connectivity index (χ2v) is 7.73. The van der Waals surface area contributed by atoms with Crippen LogP contribution in [0.2, 0.25) is 0 Å². The predicted octanol–water partition coefficient (Wildman–Crippen LogP) is 3.87. The quantitative estimate of drug-likeness (QED) is 0.570. The van der Waals surface area contributed by atoms with Crippen molar-refractivity contribution in [3.8, 4) is 0 Å². The van der Waals surface area contributed by atoms with Crippen LogP contribution in [0.25, 0.3) is 0 Å². The Balaban J connectivity index is 1.79. The minimum atomic E-state index is -0.313. The van der Waals surface area contributed by atoms with Crippen molar-refractivity contribution in [3.63, 3.8) is 0 Å². The van der Waals surface area contributed by atoms with Gasteiger partial charge in [-0.1, -0.05) is 13.5 Å². The first-order chi connectivity index (χ1) is 9.88. The van der Waals surface area contributed by atoms with Gasteiger partial charge in [0.05, 0.1) is 5.60 Å². The lowest BCUT2D eigenvalue weighted by molar-refractivity contribution is -0.245. The molecular weight excluding hydrogens is 264 g/mol. The highest BCUT2D eigenvalue weighted by atomic mass is 16.6. The molecular formula is C18H28O3. The summed E-state index contributed by atoms with van der Waals surface area (Å²) in [7, 11) is 0. The van der Waals surface area contributed by atoms with E-state index in [1.54, 1.807) is 6.92 Å². The van der Waals surface area contributed by atoms with E-state index in [4.69, 9.17) is 9.47 Å². The predicted molar refractivity (Wildman–Crippen MR) is 81.8 cm³/mol. The molecule has 4 aliphatic rings. The number of ether oxygens (including phenoxy) is 2. The van der Waals surface area contributed by atoms with Gasteiger partial charge in [0, 0.05) is 24.0 Å². The maximum Gasteiger partial charge on any atom is 0.333 e. The maximum absolute atomic E-state index is 12.0. The molecule has 0 N–H and O–H groups in total. The van der Waals surface area contributed by atoms with E-state index < -0.39 is 0 Å². The van der Waals surface area contributed by atoms with Crippen molar-refractivity contribution in [1.82, 2.24) is 0 Å². The topological polar surface area (TPSA) is 35.5 Å². The van der Waals surface area contributed by atoms with Crippen LogP contribution in [0, 0.1) is 17.8 Å². The fourth-order valence-corrected chi connectivity index (χ4v) is 5.06. The summed E-state index contributed by atoms with van der Waals surface area (Å²) < 4.78 is 12.2. The van der Waals surface area contributed by atoms with Crippen LogP contribution < -0.4 is 0 Å². The number of esters is 1. The Bertz CT molecular complexity index is 437. The summed E-state index contributed by atoms with van der Waals surface area (Å²) in [5.74, 6) is 1.43. The number of carbonyl (C=O) groups is 1. The van der Waals surface area contributed by atoms with Gasteiger partial charge in [-0.25, -0.2) is 4.79 Å². The summed E-state index contributed by atoms with van der Waals surface area (Å²) in [5.41, 5.74) is 0.259. The van der Waals surface area contributed by atoms with E-state index in [1.165, 1.54) is 19.3 Å². The Morgan fingerprint density at radius 1 is 1.24 bits per heavy atom. The lowest BCUT2D eigenvalue weighted by Crippen LogP contribution is -2.64. The third-order valence-corrected chi connectivity index (χ3v) is 6.03. The van der Waals surface area contributed by atoms with E-state index >= 15 is 0 Å². The van der Waals surface area contributed by atoms with Gasteiger partial charge >= 0.3 is 5.97 Å². The van der Waals surface area contributed by atoms with Crippen molar-refractivity contribution in [3.05, 3.63) is 12.2 Å². The zero-order valence-corrected chi connectivity index (χ0v) is 13.6. The molecule has 4 rings (SSSR count). The van der Waals surface area contributed by atoms with Crippen LogP contribution >= 0.6 is 0 Å². The zero-order chi connectivity index (χ0) is 15.3. The van der Waals surface area contributed by atoms with Crippen molar-refractivity contribution >= 4 is 5.97 Å². The summed E-state index contributed by atoms with van der Waals surface area (Å²) in [4.78, 5) is 12.0. The summed E-state index contributed by atoms with van der Waals surface area (Å²) in [6.45, 7) is 10.6. The van der Waals surface area contributed by atoms with Crippen LogP contribution in [0.5, 0.6) is 0 Å². The van der Waals surface area contributed by atoms with Gasteiger partial charge in [-0.3, -0.25) is 0 Å². The van der Waals surface area contributed by atoms with Crippen molar-refractivity contribution in [2.24, 2.45) is 17.8 Å². The minimum absolute atomic E-state index is 0.0711. The van der Waals surface area contributed by atoms with Crippen LogP contribution in [-0.4, -0.2) is 23.8 Å². The van der Waals surface area contributed by atoms with Crippen LogP contribution in [0.3, 0.4) is 0 Å². The maximum atomic E-state index is 12.0. The number of carbonyl (C=O) groups excluding carboxylic acids is 1. The molecule has 3 heteroatoms. The van der Waals surface area contributed by atoms with Gasteiger partial charge in [-0.15, -0.1) is 0 Å². The van der Waals surface area contributed by atoms with E-state index in [0.717, 1.165) is 31.8 Å². The summed E-state index contributed by atoms with van der Waals surface area (Å²) in [6.07, 6.45) is 6.77. The van der Waals surface area contributed by atoms with E-state index in [9.17, 15) is 4.79 Å². The molecule has 0 spiro atoms. The molecule has 0 amide bonds. The molecule has 4 saturated carbocycles. The van der Waals surface area contributed by atoms with Gasteiger partial charge in [-0.05, 0) is 58.3 Å². The normalized spacial score (nSPS) is 43.9. The molecule has 0 radical (unpaired) electrons. The molecule has 4 bridgehead atoms. The second-order valence-electron chi connectivity index (χ2n) is 7.73. The molecule has 2 atom stereocenters. The molecule has 2 unspecified atom stereocenters. The average molecular weight is 292 g/mol. The van der Waals surface area contributed by atoms with Gasteiger partial charge in [-0.2, -0.15) is 0 Å². The third kappa shape index (κ3) is 2.44. The molecule has 3 nitrogen and oxygen atoms in total. The molecule has 0 aromatic carbocycles. The standard InChI is InChI=1S/C18H28O3/c1-5-6-20-18-9-13-7-14(10-18)17(4,15(8-13)11-18)21-16(19)12(2)3/h13-15H,2,5-11H2,1,3-4H3. The van der Waals surface area contributed by atoms with Crippen molar-refractivity contribution < 1.29 is 14.3 Å². The van der Waals surface area contributed by atoms with Crippen LogP contribution in [0.1, 0.15) is 59.3 Å². The van der Waals surface area contributed by atoms with E-state index in [-0.39, 0.29) is 17.2 Å². The van der Waals surface area contributed by atoms with Gasteiger partial charge in [0.15, 0.2) is 0 Å². The highest BCUT2D eigenvalue weighted by Crippen LogP contribution is 2.62. The molecule has 0 saturated heterocycles. The first-order valence-electron chi connectivity index (χ1n) is 8.41. The Hall–Kier alpha value is -0.830. The Kier molecular flexibility index (Phi) is 3.67. The van der Waals surface area contributed by atoms with Crippen LogP contribution in [-0.2, 0) is 14.3 Å². The van der Waals surface area contributed by atoms with Crippen LogP contribution in [0.15, 0.2) is 12.2 Å². The SMILES string of the molecule is C=C(C)C(=O)OC1(C)C2CC3CC1CC(OCCC)(C3)C2. The molecule has 4 fully saturated rings. The van der Waals surface area contributed by atoms with Gasteiger partial charge in [0.25, 0.3) is 0 Å². The first kappa shape index (κ1) is 15.1. The number of hydrogen-bond donors (Lipinski definition) is 0. The van der Waals surface area contributed by atoms with E-state index in [0.29, 0.717) is 17.4 Å². The second kappa shape index (κ2) is 5.12. The van der Waals surface area contributed by atoms with Gasteiger partial charge in [0.1, 0.15) is 5.60 Å². The molecule has 0 aliphatic heterocycles. The minimum Gasteiger partial charge on any atom is -0.455 e. The Labute approximate surface area is 128 Å². The fourth-order valence-electron chi connectivity index (χ4n) is 5.06. The monoisotopic (exact) mass is 292 g/mol. The largest absolute Gasteiger partial charge is 0.455 e. The first-order valence-corrected chi connectivity index (χ1v) is 8.41. The Morgan fingerprint density at radius 3 is 2.38 bits per heavy atom.